The van der Waals surface area contributed by atoms with E-state index in [1.54, 1.807) is 19.1 Å². The van der Waals surface area contributed by atoms with Crippen molar-refractivity contribution >= 4 is 5.97 Å². The summed E-state index contributed by atoms with van der Waals surface area (Å²) in [5.74, 6) is -0.919. The lowest BCUT2D eigenvalue weighted by molar-refractivity contribution is 0.0697. The Labute approximate surface area is 140 Å². The summed E-state index contributed by atoms with van der Waals surface area (Å²) in [4.78, 5) is 10.9. The van der Waals surface area contributed by atoms with Gasteiger partial charge in [0.1, 0.15) is 0 Å². The molecule has 1 atom stereocenters. The number of hydrogen-bond donors (Lipinski definition) is 2. The molecule has 0 spiro atoms. The molecule has 0 amide bonds. The highest BCUT2D eigenvalue weighted by atomic mass is 16.4. The molecule has 0 aromatic heterocycles. The molecule has 2 N–H and O–H groups in total. The molecule has 3 heteroatoms. The summed E-state index contributed by atoms with van der Waals surface area (Å²) >= 11 is 0. The van der Waals surface area contributed by atoms with Crippen molar-refractivity contribution in [1.29, 1.82) is 0 Å². The predicted octanol–water partition coefficient (Wildman–Crippen LogP) is 4.77. The molecule has 3 aromatic rings. The second kappa shape index (κ2) is 6.69. The van der Waals surface area contributed by atoms with E-state index in [0.29, 0.717) is 0 Å². The normalized spacial score (nSPS) is 11.9. The zero-order chi connectivity index (χ0) is 17.1. The monoisotopic (exact) mass is 318 g/mol. The molecule has 0 bridgehead atoms. The van der Waals surface area contributed by atoms with Crippen LogP contribution in [0.4, 0.5) is 0 Å². The lowest BCUT2D eigenvalue weighted by Gasteiger charge is -2.08. The smallest absolute Gasteiger partial charge is 0.335 e. The third kappa shape index (κ3) is 3.36. The van der Waals surface area contributed by atoms with Crippen LogP contribution in [0, 0.1) is 0 Å². The van der Waals surface area contributed by atoms with Gasteiger partial charge in [-0.05, 0) is 46.9 Å². The molecule has 24 heavy (non-hydrogen) atoms. The summed E-state index contributed by atoms with van der Waals surface area (Å²) in [7, 11) is 0. The average molecular weight is 318 g/mol. The van der Waals surface area contributed by atoms with Crippen LogP contribution in [0.25, 0.3) is 22.3 Å². The van der Waals surface area contributed by atoms with Crippen molar-refractivity contribution in [2.75, 3.05) is 0 Å². The zero-order valence-corrected chi connectivity index (χ0v) is 13.3. The van der Waals surface area contributed by atoms with Crippen molar-refractivity contribution in [3.63, 3.8) is 0 Å². The Morgan fingerprint density at radius 3 is 1.38 bits per heavy atom. The van der Waals surface area contributed by atoms with Crippen LogP contribution >= 0.6 is 0 Å². The SMILES string of the molecule is CC(O)c1ccc(-c2ccc(-c3ccc(C(=O)O)cc3)cc2)cc1. The Hall–Kier alpha value is -2.91. The van der Waals surface area contributed by atoms with Gasteiger partial charge in [-0.1, -0.05) is 60.7 Å². The quantitative estimate of drug-likeness (QED) is 0.728. The van der Waals surface area contributed by atoms with Crippen molar-refractivity contribution in [2.24, 2.45) is 0 Å². The molecule has 0 saturated heterocycles. The number of rotatable bonds is 4. The predicted molar refractivity (Wildman–Crippen MR) is 94.9 cm³/mol. The van der Waals surface area contributed by atoms with Crippen LogP contribution in [0.15, 0.2) is 72.8 Å². The minimum absolute atomic E-state index is 0.286. The summed E-state index contributed by atoms with van der Waals surface area (Å²) < 4.78 is 0. The largest absolute Gasteiger partial charge is 0.478 e. The van der Waals surface area contributed by atoms with E-state index in [1.807, 2.05) is 60.7 Å². The number of aliphatic hydroxyl groups is 1. The van der Waals surface area contributed by atoms with Crippen molar-refractivity contribution in [3.05, 3.63) is 83.9 Å². The Kier molecular flexibility index (Phi) is 4.45. The maximum Gasteiger partial charge on any atom is 0.335 e. The van der Waals surface area contributed by atoms with Gasteiger partial charge in [-0.25, -0.2) is 4.79 Å². The summed E-state index contributed by atoms with van der Waals surface area (Å²) in [5.41, 5.74) is 5.39. The van der Waals surface area contributed by atoms with E-state index in [0.717, 1.165) is 27.8 Å². The highest BCUT2D eigenvalue weighted by Gasteiger charge is 2.05. The Morgan fingerprint density at radius 1 is 0.708 bits per heavy atom. The van der Waals surface area contributed by atoms with Gasteiger partial charge in [0, 0.05) is 0 Å². The first-order valence-electron chi connectivity index (χ1n) is 7.77. The van der Waals surface area contributed by atoms with Gasteiger partial charge in [0.15, 0.2) is 0 Å². The van der Waals surface area contributed by atoms with Crippen LogP contribution in [-0.2, 0) is 0 Å². The van der Waals surface area contributed by atoms with E-state index < -0.39 is 12.1 Å². The van der Waals surface area contributed by atoms with Gasteiger partial charge in [0.05, 0.1) is 11.7 Å². The molecule has 0 radical (unpaired) electrons. The second-order valence-corrected chi connectivity index (χ2v) is 5.76. The molecule has 0 fully saturated rings. The van der Waals surface area contributed by atoms with Gasteiger partial charge in [-0.3, -0.25) is 0 Å². The van der Waals surface area contributed by atoms with E-state index in [-0.39, 0.29) is 5.56 Å². The first-order valence-corrected chi connectivity index (χ1v) is 7.77. The molecule has 0 aliphatic rings. The summed E-state index contributed by atoms with van der Waals surface area (Å²) in [5, 5.41) is 18.5. The summed E-state index contributed by atoms with van der Waals surface area (Å²) in [6, 6.07) is 22.8. The van der Waals surface area contributed by atoms with Gasteiger partial charge in [0.25, 0.3) is 0 Å². The lowest BCUT2D eigenvalue weighted by Crippen LogP contribution is -1.94. The molecule has 0 saturated carbocycles. The number of benzene rings is 3. The third-order valence-electron chi connectivity index (χ3n) is 4.08. The van der Waals surface area contributed by atoms with Gasteiger partial charge in [0.2, 0.25) is 0 Å². The summed E-state index contributed by atoms with van der Waals surface area (Å²) in [6.07, 6.45) is -0.463. The highest BCUT2D eigenvalue weighted by molar-refractivity contribution is 5.88. The maximum absolute atomic E-state index is 10.9. The van der Waals surface area contributed by atoms with Gasteiger partial charge in [-0.15, -0.1) is 0 Å². The number of aromatic carboxylic acids is 1. The minimum atomic E-state index is -0.919. The Bertz CT molecular complexity index is 830. The molecule has 3 aromatic carbocycles. The molecule has 0 heterocycles. The van der Waals surface area contributed by atoms with Crippen LogP contribution in [0.2, 0.25) is 0 Å². The van der Waals surface area contributed by atoms with Crippen molar-refractivity contribution in [2.45, 2.75) is 13.0 Å². The van der Waals surface area contributed by atoms with E-state index in [2.05, 4.69) is 0 Å². The Morgan fingerprint density at radius 2 is 1.04 bits per heavy atom. The third-order valence-corrected chi connectivity index (χ3v) is 4.08. The average Bonchev–Trinajstić information content (AvgIpc) is 2.62. The lowest BCUT2D eigenvalue weighted by atomic mass is 9.98. The van der Waals surface area contributed by atoms with Crippen LogP contribution < -0.4 is 0 Å². The van der Waals surface area contributed by atoms with Gasteiger partial charge < -0.3 is 10.2 Å². The van der Waals surface area contributed by atoms with E-state index >= 15 is 0 Å². The van der Waals surface area contributed by atoms with Gasteiger partial charge in [-0.2, -0.15) is 0 Å². The topological polar surface area (TPSA) is 57.5 Å². The van der Waals surface area contributed by atoms with Crippen LogP contribution in [0.3, 0.4) is 0 Å². The fourth-order valence-corrected chi connectivity index (χ4v) is 2.61. The molecule has 0 aliphatic carbocycles. The Balaban J connectivity index is 1.83. The summed E-state index contributed by atoms with van der Waals surface area (Å²) in [6.45, 7) is 1.75. The fourth-order valence-electron chi connectivity index (χ4n) is 2.61. The van der Waals surface area contributed by atoms with Gasteiger partial charge >= 0.3 is 5.97 Å². The van der Waals surface area contributed by atoms with E-state index in [9.17, 15) is 9.90 Å². The molecule has 120 valence electrons. The molecular weight excluding hydrogens is 300 g/mol. The van der Waals surface area contributed by atoms with Crippen molar-refractivity contribution in [3.8, 4) is 22.3 Å². The fraction of sp³-hybridized carbons (Fsp3) is 0.0952. The standard InChI is InChI=1S/C21H18O3/c1-14(22)15-2-4-16(5-3-15)17-6-8-18(9-7-17)19-10-12-20(13-11-19)21(23)24/h2-14,22H,1H3,(H,23,24). The first kappa shape index (κ1) is 16.0. The molecule has 1 unspecified atom stereocenters. The van der Waals surface area contributed by atoms with E-state index in [1.165, 1.54) is 0 Å². The maximum atomic E-state index is 10.9. The van der Waals surface area contributed by atoms with Crippen LogP contribution in [0.1, 0.15) is 28.9 Å². The number of aliphatic hydroxyl groups excluding tert-OH is 1. The molecule has 3 rings (SSSR count). The van der Waals surface area contributed by atoms with Crippen molar-refractivity contribution in [1.82, 2.24) is 0 Å². The van der Waals surface area contributed by atoms with Crippen LogP contribution in [-0.4, -0.2) is 16.2 Å². The van der Waals surface area contributed by atoms with Crippen molar-refractivity contribution < 1.29 is 15.0 Å². The first-order chi connectivity index (χ1) is 11.5. The zero-order valence-electron chi connectivity index (χ0n) is 13.3. The van der Waals surface area contributed by atoms with E-state index in [4.69, 9.17) is 5.11 Å². The molecular formula is C21H18O3. The number of hydrogen-bond acceptors (Lipinski definition) is 2. The molecule has 3 nitrogen and oxygen atoms in total. The minimum Gasteiger partial charge on any atom is -0.478 e. The second-order valence-electron chi connectivity index (χ2n) is 5.76. The molecule has 0 aliphatic heterocycles. The number of carboxylic acids is 1. The highest BCUT2D eigenvalue weighted by Crippen LogP contribution is 2.26. The number of carbonyl (C=O) groups is 1. The van der Waals surface area contributed by atoms with Crippen LogP contribution in [0.5, 0.6) is 0 Å². The number of carboxylic acid groups (broad SMARTS) is 1.